The molecule has 0 bridgehead atoms. The molecule has 0 aliphatic carbocycles. The van der Waals surface area contributed by atoms with Gasteiger partial charge in [0.05, 0.1) is 30.1 Å². The van der Waals surface area contributed by atoms with Crippen molar-refractivity contribution in [1.82, 2.24) is 9.97 Å². The Labute approximate surface area is 141 Å². The number of nitrogens with zero attached hydrogens (tertiary/aromatic N) is 4. The molecule has 2 aromatic rings. The van der Waals surface area contributed by atoms with Crippen molar-refractivity contribution >= 4 is 34.1 Å². The standard InChI is InChI=1S/C15H14FN5O2S/c16-3-4-23-12-2-1-11(6-20-12)19-5-10-8-21(15(22)14(10)17)13-7-18-9-24-13/h1-2,5-7,9H,3-4,8,17H2. The largest absolute Gasteiger partial charge is 0.475 e. The molecule has 0 fully saturated rings. The van der Waals surface area contributed by atoms with Gasteiger partial charge in [0, 0.05) is 17.9 Å². The summed E-state index contributed by atoms with van der Waals surface area (Å²) < 4.78 is 17.1. The van der Waals surface area contributed by atoms with Gasteiger partial charge in [0.15, 0.2) is 0 Å². The van der Waals surface area contributed by atoms with Crippen LogP contribution in [0.4, 0.5) is 15.1 Å². The number of hydrogen-bond acceptors (Lipinski definition) is 7. The van der Waals surface area contributed by atoms with Gasteiger partial charge in [0.25, 0.3) is 5.91 Å². The molecule has 124 valence electrons. The highest BCUT2D eigenvalue weighted by molar-refractivity contribution is 7.14. The van der Waals surface area contributed by atoms with Gasteiger partial charge < -0.3 is 10.5 Å². The Bertz CT molecular complexity index is 774. The Hall–Kier alpha value is -2.81. The number of nitrogens with two attached hydrogens (primary N) is 1. The van der Waals surface area contributed by atoms with Gasteiger partial charge in [0.2, 0.25) is 5.88 Å². The predicted molar refractivity (Wildman–Crippen MR) is 89.5 cm³/mol. The SMILES string of the molecule is NC1=C(C=Nc2ccc(OCCF)nc2)CN(c2cncs2)C1=O. The first-order chi connectivity index (χ1) is 11.7. The zero-order valence-electron chi connectivity index (χ0n) is 12.6. The van der Waals surface area contributed by atoms with Crippen molar-refractivity contribution in [3.63, 3.8) is 0 Å². The molecule has 0 unspecified atom stereocenters. The number of thiazole rings is 1. The number of amides is 1. The minimum Gasteiger partial charge on any atom is -0.475 e. The third-order valence-corrected chi connectivity index (χ3v) is 4.05. The second-order valence-electron chi connectivity index (χ2n) is 4.82. The summed E-state index contributed by atoms with van der Waals surface area (Å²) in [5.74, 6) is 0.0755. The van der Waals surface area contributed by atoms with Crippen LogP contribution < -0.4 is 15.4 Å². The average Bonchev–Trinajstić information content (AvgIpc) is 3.22. The van der Waals surface area contributed by atoms with Crippen molar-refractivity contribution in [2.75, 3.05) is 24.7 Å². The predicted octanol–water partition coefficient (Wildman–Crippen LogP) is 1.85. The van der Waals surface area contributed by atoms with Gasteiger partial charge in [-0.1, -0.05) is 0 Å². The number of carbonyl (C=O) groups is 1. The number of hydrogen-bond donors (Lipinski definition) is 1. The quantitative estimate of drug-likeness (QED) is 0.805. The average molecular weight is 347 g/mol. The number of pyridine rings is 1. The van der Waals surface area contributed by atoms with Crippen LogP contribution in [0.2, 0.25) is 0 Å². The van der Waals surface area contributed by atoms with Crippen molar-refractivity contribution in [1.29, 1.82) is 0 Å². The van der Waals surface area contributed by atoms with Crippen LogP contribution in [0.3, 0.4) is 0 Å². The maximum Gasteiger partial charge on any atom is 0.275 e. The van der Waals surface area contributed by atoms with Crippen molar-refractivity contribution in [2.45, 2.75) is 0 Å². The fourth-order valence-electron chi connectivity index (χ4n) is 2.07. The van der Waals surface area contributed by atoms with E-state index in [2.05, 4.69) is 15.0 Å². The highest BCUT2D eigenvalue weighted by Crippen LogP contribution is 2.26. The molecule has 3 heterocycles. The first-order valence-electron chi connectivity index (χ1n) is 7.07. The number of carbonyl (C=O) groups excluding carboxylic acids is 1. The van der Waals surface area contributed by atoms with Gasteiger partial charge in [-0.25, -0.2) is 9.37 Å². The van der Waals surface area contributed by atoms with Crippen LogP contribution in [0.25, 0.3) is 0 Å². The molecule has 2 N–H and O–H groups in total. The maximum absolute atomic E-state index is 12.2. The smallest absolute Gasteiger partial charge is 0.275 e. The first-order valence-corrected chi connectivity index (χ1v) is 7.95. The topological polar surface area (TPSA) is 93.7 Å². The molecule has 0 atom stereocenters. The number of halogens is 1. The number of aliphatic imine (C=N–C) groups is 1. The van der Waals surface area contributed by atoms with Crippen LogP contribution in [0, 0.1) is 0 Å². The van der Waals surface area contributed by atoms with Crippen LogP contribution in [-0.2, 0) is 4.79 Å². The first kappa shape index (κ1) is 16.1. The zero-order valence-corrected chi connectivity index (χ0v) is 13.4. The molecule has 0 saturated heterocycles. The minimum absolute atomic E-state index is 0.0332. The highest BCUT2D eigenvalue weighted by atomic mass is 32.1. The van der Waals surface area contributed by atoms with Crippen LogP contribution in [0.15, 0.2) is 46.3 Å². The fourth-order valence-corrected chi connectivity index (χ4v) is 2.70. The summed E-state index contributed by atoms with van der Waals surface area (Å²) >= 11 is 1.37. The van der Waals surface area contributed by atoms with Crippen LogP contribution in [0.1, 0.15) is 0 Å². The number of alkyl halides is 1. The van der Waals surface area contributed by atoms with E-state index in [9.17, 15) is 9.18 Å². The van der Waals surface area contributed by atoms with Gasteiger partial charge in [-0.15, -0.1) is 11.3 Å². The number of rotatable bonds is 6. The van der Waals surface area contributed by atoms with E-state index in [1.807, 2.05) is 0 Å². The molecule has 2 aromatic heterocycles. The molecule has 0 aromatic carbocycles. The fraction of sp³-hybridized carbons (Fsp3) is 0.200. The molecular weight excluding hydrogens is 333 g/mol. The molecular formula is C15H14FN5O2S. The molecule has 1 amide bonds. The summed E-state index contributed by atoms with van der Waals surface area (Å²) in [5.41, 5.74) is 8.90. The number of aromatic nitrogens is 2. The lowest BCUT2D eigenvalue weighted by Gasteiger charge is -2.12. The van der Waals surface area contributed by atoms with Crippen molar-refractivity contribution in [3.8, 4) is 5.88 Å². The summed E-state index contributed by atoms with van der Waals surface area (Å²) in [5, 5.41) is 0.738. The summed E-state index contributed by atoms with van der Waals surface area (Å²) in [6, 6.07) is 3.29. The normalized spacial score (nSPS) is 14.9. The van der Waals surface area contributed by atoms with E-state index >= 15 is 0 Å². The van der Waals surface area contributed by atoms with E-state index in [4.69, 9.17) is 10.5 Å². The molecule has 3 rings (SSSR count). The summed E-state index contributed by atoms with van der Waals surface area (Å²) in [4.78, 5) is 26.0. The highest BCUT2D eigenvalue weighted by Gasteiger charge is 2.29. The molecule has 9 heteroatoms. The van der Waals surface area contributed by atoms with Gasteiger partial charge in [-0.3, -0.25) is 19.7 Å². The van der Waals surface area contributed by atoms with Gasteiger partial charge in [0.1, 0.15) is 24.0 Å². The second kappa shape index (κ2) is 7.18. The van der Waals surface area contributed by atoms with E-state index in [0.29, 0.717) is 23.7 Å². The lowest BCUT2D eigenvalue weighted by Crippen LogP contribution is -2.27. The molecule has 0 radical (unpaired) electrons. The van der Waals surface area contributed by atoms with Gasteiger partial charge >= 0.3 is 0 Å². The number of anilines is 1. The Morgan fingerprint density at radius 1 is 1.46 bits per heavy atom. The third-order valence-electron chi connectivity index (χ3n) is 3.25. The molecule has 24 heavy (non-hydrogen) atoms. The van der Waals surface area contributed by atoms with E-state index < -0.39 is 6.67 Å². The molecule has 7 nitrogen and oxygen atoms in total. The van der Waals surface area contributed by atoms with Crippen molar-refractivity contribution in [2.24, 2.45) is 10.7 Å². The Balaban J connectivity index is 1.69. The molecule has 1 aliphatic rings. The minimum atomic E-state index is -0.570. The van der Waals surface area contributed by atoms with E-state index in [1.54, 1.807) is 35.0 Å². The van der Waals surface area contributed by atoms with Crippen LogP contribution in [-0.4, -0.2) is 41.9 Å². The Morgan fingerprint density at radius 3 is 3.00 bits per heavy atom. The Kier molecular flexibility index (Phi) is 4.80. The third kappa shape index (κ3) is 3.40. The molecule has 0 spiro atoms. The van der Waals surface area contributed by atoms with Gasteiger partial charge in [-0.05, 0) is 6.07 Å². The zero-order chi connectivity index (χ0) is 16.9. The Morgan fingerprint density at radius 2 is 2.33 bits per heavy atom. The van der Waals surface area contributed by atoms with Gasteiger partial charge in [-0.2, -0.15) is 0 Å². The lowest BCUT2D eigenvalue weighted by molar-refractivity contribution is -0.114. The van der Waals surface area contributed by atoms with Crippen molar-refractivity contribution in [3.05, 3.63) is 41.3 Å². The summed E-state index contributed by atoms with van der Waals surface area (Å²) in [6.07, 6.45) is 4.67. The summed E-state index contributed by atoms with van der Waals surface area (Å²) in [7, 11) is 0. The van der Waals surface area contributed by atoms with E-state index in [0.717, 1.165) is 5.00 Å². The van der Waals surface area contributed by atoms with Crippen LogP contribution >= 0.6 is 11.3 Å². The molecule has 1 aliphatic heterocycles. The second-order valence-corrected chi connectivity index (χ2v) is 5.68. The van der Waals surface area contributed by atoms with Crippen LogP contribution in [0.5, 0.6) is 5.88 Å². The van der Waals surface area contributed by atoms with E-state index in [-0.39, 0.29) is 18.2 Å². The summed E-state index contributed by atoms with van der Waals surface area (Å²) in [6.45, 7) is -0.255. The maximum atomic E-state index is 12.2. The van der Waals surface area contributed by atoms with E-state index in [1.165, 1.54) is 17.5 Å². The number of ether oxygens (including phenoxy) is 1. The monoisotopic (exact) mass is 347 g/mol. The lowest BCUT2D eigenvalue weighted by atomic mass is 10.2. The van der Waals surface area contributed by atoms with Crippen molar-refractivity contribution < 1.29 is 13.9 Å². The molecule has 0 saturated carbocycles.